The normalized spacial score (nSPS) is 14.7. The minimum Gasteiger partial charge on any atom is -0.463 e. The van der Waals surface area contributed by atoms with E-state index in [0.29, 0.717) is 19.3 Å². The van der Waals surface area contributed by atoms with E-state index in [2.05, 4.69) is 203 Å². The maximum Gasteiger partial charge on any atom is 0.472 e. The van der Waals surface area contributed by atoms with Crippen molar-refractivity contribution < 1.29 is 75.8 Å². The lowest BCUT2D eigenvalue weighted by Gasteiger charge is -2.21. The van der Waals surface area contributed by atoms with Crippen molar-refractivity contribution in [1.29, 1.82) is 0 Å². The quantitative estimate of drug-likeness (QED) is 0.0146. The second-order valence-corrected chi connectivity index (χ2v) is 32.5. The predicted octanol–water partition coefficient (Wildman–Crippen LogP) is 27.7. The Morgan fingerprint density at radius 3 is 0.687 bits per heavy atom. The zero-order chi connectivity index (χ0) is 83.6. The summed E-state index contributed by atoms with van der Waals surface area (Å²) in [6.07, 6.45) is 115. The molecule has 0 bridgehead atoms. The zero-order valence-electron chi connectivity index (χ0n) is 72.1. The smallest absolute Gasteiger partial charge is 0.463 e. The van der Waals surface area contributed by atoms with E-state index < -0.39 is 91.5 Å². The van der Waals surface area contributed by atoms with Gasteiger partial charge < -0.3 is 34.2 Å². The van der Waals surface area contributed by atoms with Gasteiger partial charge in [-0.2, -0.15) is 0 Å². The Morgan fingerprint density at radius 2 is 0.435 bits per heavy atom. The summed E-state index contributed by atoms with van der Waals surface area (Å²) in [6, 6.07) is 0. The summed E-state index contributed by atoms with van der Waals surface area (Å²) in [5.41, 5.74) is 0. The maximum atomic E-state index is 13.0. The molecular weight excluding hydrogens is 1480 g/mol. The molecule has 0 saturated heterocycles. The number of phosphoric ester groups is 2. The molecule has 0 aliphatic rings. The molecule has 18 heteroatoms. The Balaban J connectivity index is 4.50. The van der Waals surface area contributed by atoms with E-state index in [0.717, 1.165) is 205 Å². The summed E-state index contributed by atoms with van der Waals surface area (Å²) in [6.45, 7) is 2.35. The van der Waals surface area contributed by atoms with Gasteiger partial charge in [0.1, 0.15) is 25.4 Å². The molecule has 0 aromatic rings. The van der Waals surface area contributed by atoms with E-state index in [1.165, 1.54) is 89.9 Å². The second kappa shape index (κ2) is 87.9. The van der Waals surface area contributed by atoms with E-state index in [-0.39, 0.29) is 19.3 Å². The third-order valence-corrected chi connectivity index (χ3v) is 20.5. The maximum absolute atomic E-state index is 13.0. The van der Waals surface area contributed by atoms with Crippen LogP contribution in [0.25, 0.3) is 0 Å². The Labute approximate surface area is 700 Å². The highest BCUT2D eigenvalue weighted by Gasteiger charge is 2.29. The van der Waals surface area contributed by atoms with Gasteiger partial charge in [0.15, 0.2) is 6.10 Å². The van der Waals surface area contributed by atoms with Crippen LogP contribution in [-0.2, 0) is 55.8 Å². The van der Waals surface area contributed by atoms with Gasteiger partial charge in [-0.25, -0.2) is 9.13 Å². The predicted molar refractivity (Wildman–Crippen MR) is 481 cm³/mol. The number of carbonyl (C=O) groups is 3. The number of hydrogen-bond acceptors (Lipinski definition) is 14. The van der Waals surface area contributed by atoms with Gasteiger partial charge >= 0.3 is 33.6 Å². The molecule has 16 nitrogen and oxygen atoms in total. The molecule has 115 heavy (non-hydrogen) atoms. The minimum atomic E-state index is -4.95. The number of allylic oxidation sites excluding steroid dienone is 30. The van der Waals surface area contributed by atoms with Crippen molar-refractivity contribution in [2.45, 2.75) is 373 Å². The van der Waals surface area contributed by atoms with Crippen LogP contribution in [0, 0.1) is 0 Å². The molecule has 0 aliphatic heterocycles. The average Bonchev–Trinajstić information content (AvgIpc) is 0.926. The Bertz CT molecular complexity index is 2820. The molecule has 0 spiro atoms. The van der Waals surface area contributed by atoms with Crippen LogP contribution in [0.15, 0.2) is 182 Å². The van der Waals surface area contributed by atoms with E-state index in [1.807, 2.05) is 0 Å². The van der Waals surface area contributed by atoms with Gasteiger partial charge in [0.25, 0.3) is 0 Å². The summed E-state index contributed by atoms with van der Waals surface area (Å²) in [5.74, 6) is -1.59. The summed E-state index contributed by atoms with van der Waals surface area (Å²) in [5, 5.41) is 20.7. The number of phosphoric acid groups is 2. The van der Waals surface area contributed by atoms with Crippen LogP contribution in [0.1, 0.15) is 355 Å². The summed E-state index contributed by atoms with van der Waals surface area (Å²) < 4.78 is 61.4. The lowest BCUT2D eigenvalue weighted by Crippen LogP contribution is -2.30. The molecule has 0 aromatic carbocycles. The molecule has 0 rings (SSSR count). The minimum absolute atomic E-state index is 0.0866. The Kier molecular flexibility index (Phi) is 83.9. The largest absolute Gasteiger partial charge is 0.472 e. The van der Waals surface area contributed by atoms with E-state index in [4.69, 9.17) is 32.3 Å². The van der Waals surface area contributed by atoms with Crippen molar-refractivity contribution in [2.24, 2.45) is 0 Å². The Hall–Kier alpha value is -5.35. The lowest BCUT2D eigenvalue weighted by molar-refractivity contribution is -0.161. The molecule has 0 aromatic heterocycles. The highest BCUT2D eigenvalue weighted by atomic mass is 31.2. The van der Waals surface area contributed by atoms with E-state index in [9.17, 15) is 43.5 Å². The summed E-state index contributed by atoms with van der Waals surface area (Å²) in [7, 11) is -9.81. The number of hydrogen-bond donors (Lipinski definition) is 4. The van der Waals surface area contributed by atoms with Crippen LogP contribution in [0.4, 0.5) is 0 Å². The lowest BCUT2D eigenvalue weighted by atomic mass is 10.0. The number of unbranched alkanes of at least 4 members (excludes halogenated alkanes) is 31. The summed E-state index contributed by atoms with van der Waals surface area (Å²) >= 11 is 0. The SMILES string of the molecule is CC/C=C\C/C=C\C/C=C\C/C=C\C/C=C\C/C=C\CCCCCCCCCCCCCCCCCCC(=O)OCC(O)COP(=O)(O)OCC(O)COP(=O)(O)OCC(COC(=O)CCCCCCCCCC/C=C\C/C=C\C/C=C\C/C=C\C/C=C\C/C=C\CC)OC(=O)CCCCCCCCC/C=C\C/C=C\C/C=C\CC. The van der Waals surface area contributed by atoms with Crippen molar-refractivity contribution in [3.63, 3.8) is 0 Å². The number of rotatable bonds is 84. The standard InChI is InChI=1S/C97H162O16P2/c1-4-7-10-13-16-19-22-25-28-31-33-35-37-39-41-42-43-44-45-46-47-48-50-52-53-55-57-60-62-65-68-71-74-77-80-83-95(100)107-86-92(98)87-109-114(103,104)110-88-93(99)89-111-115(105,106)112-91-94(113-97(102)85-82-79-76-73-70-67-64-59-30-27-24-21-18-15-12-9-6-3)90-108-96(101)84-81-78-75-72-69-66-63-61-58-56-54-51-49-40-38-36-34-32-29-26-23-20-17-14-11-8-5-2/h7-12,16-21,25-30,33-36,39-41,43-44,49,54,56,92-94,98-99H,4-6,13-15,22-24,31-32,37-38,42,45-48,50-53,55,57-91H2,1-3H3,(H,103,104)(H,105,106)/b10-7-,11-8-,12-9-,19-16-,20-17-,21-18-,28-25-,29-26-,30-27-,35-33-,36-34-,41-39-,44-43-,49-40-,56-54-. The first-order valence-electron chi connectivity index (χ1n) is 45.1. The molecule has 5 unspecified atom stereocenters. The van der Waals surface area contributed by atoms with Crippen LogP contribution < -0.4 is 0 Å². The topological polar surface area (TPSA) is 231 Å². The van der Waals surface area contributed by atoms with Gasteiger partial charge in [-0.05, 0) is 154 Å². The third kappa shape index (κ3) is 89.3. The molecule has 0 aliphatic carbocycles. The van der Waals surface area contributed by atoms with Gasteiger partial charge in [-0.3, -0.25) is 32.5 Å². The summed E-state index contributed by atoms with van der Waals surface area (Å²) in [4.78, 5) is 58.9. The number of aliphatic hydroxyl groups is 2. The van der Waals surface area contributed by atoms with Crippen LogP contribution >= 0.6 is 15.6 Å². The molecule has 4 N–H and O–H groups in total. The van der Waals surface area contributed by atoms with Crippen LogP contribution in [0.5, 0.6) is 0 Å². The molecular formula is C97H162O16P2. The third-order valence-electron chi connectivity index (χ3n) is 18.6. The van der Waals surface area contributed by atoms with Crippen molar-refractivity contribution in [3.8, 4) is 0 Å². The van der Waals surface area contributed by atoms with E-state index >= 15 is 0 Å². The first-order valence-corrected chi connectivity index (χ1v) is 48.1. The van der Waals surface area contributed by atoms with E-state index in [1.54, 1.807) is 0 Å². The molecule has 0 saturated carbocycles. The van der Waals surface area contributed by atoms with Crippen LogP contribution in [-0.4, -0.2) is 95.9 Å². The fraction of sp³-hybridized carbons (Fsp3) is 0.660. The van der Waals surface area contributed by atoms with Gasteiger partial charge in [-0.15, -0.1) is 0 Å². The number of esters is 3. The van der Waals surface area contributed by atoms with Crippen molar-refractivity contribution in [1.82, 2.24) is 0 Å². The van der Waals surface area contributed by atoms with Crippen molar-refractivity contribution >= 4 is 33.6 Å². The molecule has 5 atom stereocenters. The molecule has 656 valence electrons. The number of ether oxygens (including phenoxy) is 3. The fourth-order valence-electron chi connectivity index (χ4n) is 11.9. The molecule has 0 radical (unpaired) electrons. The highest BCUT2D eigenvalue weighted by molar-refractivity contribution is 7.47. The van der Waals surface area contributed by atoms with Crippen LogP contribution in [0.3, 0.4) is 0 Å². The van der Waals surface area contributed by atoms with Gasteiger partial charge in [0.05, 0.1) is 26.4 Å². The van der Waals surface area contributed by atoms with Crippen molar-refractivity contribution in [2.75, 3.05) is 39.6 Å². The number of aliphatic hydroxyl groups excluding tert-OH is 2. The molecule has 0 fully saturated rings. The monoisotopic (exact) mass is 1650 g/mol. The first kappa shape index (κ1) is 110. The van der Waals surface area contributed by atoms with Crippen molar-refractivity contribution in [3.05, 3.63) is 182 Å². The van der Waals surface area contributed by atoms with Gasteiger partial charge in [0, 0.05) is 19.3 Å². The fourth-order valence-corrected chi connectivity index (χ4v) is 13.5. The van der Waals surface area contributed by atoms with Gasteiger partial charge in [0.2, 0.25) is 0 Å². The molecule has 0 heterocycles. The first-order chi connectivity index (χ1) is 56.2. The second-order valence-electron chi connectivity index (χ2n) is 29.6. The average molecular weight is 1650 g/mol. The Morgan fingerprint density at radius 1 is 0.243 bits per heavy atom. The number of carbonyl (C=O) groups excluding carboxylic acids is 3. The molecule has 0 amide bonds. The van der Waals surface area contributed by atoms with Crippen LogP contribution in [0.2, 0.25) is 0 Å². The van der Waals surface area contributed by atoms with Gasteiger partial charge in [-0.1, -0.05) is 364 Å². The highest BCUT2D eigenvalue weighted by Crippen LogP contribution is 2.45. The zero-order valence-corrected chi connectivity index (χ0v) is 73.9.